The molecule has 0 aromatic heterocycles. The molecule has 0 aliphatic heterocycles. The normalized spacial score (nSPS) is 12.8. The van der Waals surface area contributed by atoms with Crippen LogP contribution in [0.2, 0.25) is 0 Å². The summed E-state index contributed by atoms with van der Waals surface area (Å²) in [4.78, 5) is 10.4. The summed E-state index contributed by atoms with van der Waals surface area (Å²) in [7, 11) is -3.49. The van der Waals surface area contributed by atoms with Crippen LogP contribution in [0.15, 0.2) is 0 Å². The van der Waals surface area contributed by atoms with Gasteiger partial charge in [-0.1, -0.05) is 13.8 Å². The molecule has 0 heterocycles. The Morgan fingerprint density at radius 1 is 1.46 bits per heavy atom. The Morgan fingerprint density at radius 3 is 2.23 bits per heavy atom. The Labute approximate surface area is 78.0 Å². The number of carbonyl (C=O) groups is 1. The number of aliphatic carboxylic acids is 1. The van der Waals surface area contributed by atoms with Crippen molar-refractivity contribution in [1.29, 1.82) is 0 Å². The fourth-order valence-corrected chi connectivity index (χ4v) is 1.75. The standard InChI is InChI=1S/C7H15NO4S/c1-7(2,5-6(9)10)3-4-13(8,11)12/h3-5H2,1-2H3,(H,9,10)(H2,8,11,12). The molecule has 0 aromatic rings. The van der Waals surface area contributed by atoms with E-state index in [1.165, 1.54) is 0 Å². The van der Waals surface area contributed by atoms with E-state index in [4.69, 9.17) is 10.2 Å². The zero-order valence-electron chi connectivity index (χ0n) is 7.78. The second kappa shape index (κ2) is 4.06. The van der Waals surface area contributed by atoms with Gasteiger partial charge in [0.1, 0.15) is 0 Å². The molecule has 0 rings (SSSR count). The Bertz CT molecular complexity index is 281. The van der Waals surface area contributed by atoms with E-state index in [-0.39, 0.29) is 18.6 Å². The van der Waals surface area contributed by atoms with Crippen molar-refractivity contribution in [3.05, 3.63) is 0 Å². The van der Waals surface area contributed by atoms with Crippen LogP contribution < -0.4 is 5.14 Å². The zero-order chi connectivity index (χ0) is 10.7. The topological polar surface area (TPSA) is 97.5 Å². The third-order valence-electron chi connectivity index (χ3n) is 1.69. The fourth-order valence-electron chi connectivity index (χ4n) is 0.916. The lowest BCUT2D eigenvalue weighted by molar-refractivity contribution is -0.139. The molecule has 78 valence electrons. The lowest BCUT2D eigenvalue weighted by atomic mass is 9.87. The predicted molar refractivity (Wildman–Crippen MR) is 48.6 cm³/mol. The van der Waals surface area contributed by atoms with Gasteiger partial charge in [0.05, 0.1) is 12.2 Å². The van der Waals surface area contributed by atoms with Gasteiger partial charge in [0, 0.05) is 0 Å². The van der Waals surface area contributed by atoms with Crippen molar-refractivity contribution in [2.75, 3.05) is 5.75 Å². The van der Waals surface area contributed by atoms with Gasteiger partial charge >= 0.3 is 5.97 Å². The maximum atomic E-state index is 10.6. The average molecular weight is 209 g/mol. The number of hydrogen-bond donors (Lipinski definition) is 2. The van der Waals surface area contributed by atoms with Crippen LogP contribution in [0, 0.1) is 5.41 Å². The number of sulfonamides is 1. The summed E-state index contributed by atoms with van der Waals surface area (Å²) < 4.78 is 21.2. The van der Waals surface area contributed by atoms with Crippen LogP contribution in [-0.4, -0.2) is 25.2 Å². The number of primary sulfonamides is 1. The second-order valence-electron chi connectivity index (χ2n) is 3.85. The number of carboxylic acids is 1. The van der Waals surface area contributed by atoms with Crippen LogP contribution in [0.1, 0.15) is 26.7 Å². The van der Waals surface area contributed by atoms with Crippen LogP contribution in [0.3, 0.4) is 0 Å². The molecule has 0 unspecified atom stereocenters. The van der Waals surface area contributed by atoms with E-state index in [0.717, 1.165) is 0 Å². The molecule has 5 nitrogen and oxygen atoms in total. The first-order chi connectivity index (χ1) is 5.62. The highest BCUT2D eigenvalue weighted by atomic mass is 32.2. The minimum atomic E-state index is -3.49. The third kappa shape index (κ3) is 7.73. The molecular weight excluding hydrogens is 194 g/mol. The van der Waals surface area contributed by atoms with E-state index in [9.17, 15) is 13.2 Å². The Balaban J connectivity index is 4.11. The first kappa shape index (κ1) is 12.4. The van der Waals surface area contributed by atoms with E-state index in [2.05, 4.69) is 0 Å². The molecule has 0 aliphatic carbocycles. The molecule has 0 radical (unpaired) electrons. The molecule has 0 bridgehead atoms. The number of hydrogen-bond acceptors (Lipinski definition) is 3. The highest BCUT2D eigenvalue weighted by molar-refractivity contribution is 7.89. The second-order valence-corrected chi connectivity index (χ2v) is 5.59. The van der Waals surface area contributed by atoms with Gasteiger partial charge in [-0.3, -0.25) is 4.79 Å². The van der Waals surface area contributed by atoms with Crippen LogP contribution in [0.5, 0.6) is 0 Å². The summed E-state index contributed by atoms with van der Waals surface area (Å²) in [6.45, 7) is 3.40. The summed E-state index contributed by atoms with van der Waals surface area (Å²) in [5, 5.41) is 13.3. The van der Waals surface area contributed by atoms with Crippen molar-refractivity contribution >= 4 is 16.0 Å². The smallest absolute Gasteiger partial charge is 0.303 e. The van der Waals surface area contributed by atoms with E-state index < -0.39 is 21.4 Å². The molecule has 13 heavy (non-hydrogen) atoms. The molecular formula is C7H15NO4S. The van der Waals surface area contributed by atoms with Gasteiger partial charge < -0.3 is 5.11 Å². The fraction of sp³-hybridized carbons (Fsp3) is 0.857. The molecule has 0 saturated carbocycles. The Hall–Kier alpha value is -0.620. The van der Waals surface area contributed by atoms with Gasteiger partial charge in [0.25, 0.3) is 0 Å². The van der Waals surface area contributed by atoms with E-state index in [0.29, 0.717) is 0 Å². The summed E-state index contributed by atoms with van der Waals surface area (Å²) in [5.74, 6) is -1.10. The highest BCUT2D eigenvalue weighted by Gasteiger charge is 2.23. The first-order valence-electron chi connectivity index (χ1n) is 3.85. The summed E-state index contributed by atoms with van der Waals surface area (Å²) in [6.07, 6.45) is 0.209. The molecule has 6 heteroatoms. The van der Waals surface area contributed by atoms with E-state index in [1.807, 2.05) is 0 Å². The van der Waals surface area contributed by atoms with Crippen LogP contribution in [0.4, 0.5) is 0 Å². The van der Waals surface area contributed by atoms with Crippen molar-refractivity contribution in [1.82, 2.24) is 0 Å². The van der Waals surface area contributed by atoms with Gasteiger partial charge in [-0.05, 0) is 11.8 Å². The van der Waals surface area contributed by atoms with Crippen LogP contribution in [0.25, 0.3) is 0 Å². The summed E-state index contributed by atoms with van der Waals surface area (Å²) in [6, 6.07) is 0. The average Bonchev–Trinajstić information content (AvgIpc) is 1.79. The van der Waals surface area contributed by atoms with Gasteiger partial charge in [0.2, 0.25) is 10.0 Å². The van der Waals surface area contributed by atoms with Gasteiger partial charge in [-0.25, -0.2) is 13.6 Å². The van der Waals surface area contributed by atoms with Crippen molar-refractivity contribution in [2.24, 2.45) is 10.6 Å². The molecule has 0 aliphatic rings. The number of rotatable bonds is 5. The zero-order valence-corrected chi connectivity index (χ0v) is 8.60. The maximum Gasteiger partial charge on any atom is 0.303 e. The van der Waals surface area contributed by atoms with Gasteiger partial charge in [-0.15, -0.1) is 0 Å². The van der Waals surface area contributed by atoms with Crippen molar-refractivity contribution in [3.8, 4) is 0 Å². The van der Waals surface area contributed by atoms with Crippen molar-refractivity contribution < 1.29 is 18.3 Å². The largest absolute Gasteiger partial charge is 0.481 e. The molecule has 3 N–H and O–H groups in total. The lowest BCUT2D eigenvalue weighted by Gasteiger charge is -2.21. The quantitative estimate of drug-likeness (QED) is 0.674. The van der Waals surface area contributed by atoms with Crippen LogP contribution >= 0.6 is 0 Å². The first-order valence-corrected chi connectivity index (χ1v) is 5.56. The summed E-state index contributed by atoms with van der Waals surface area (Å²) >= 11 is 0. The number of carboxylic acid groups (broad SMARTS) is 1. The third-order valence-corrected chi connectivity index (χ3v) is 2.47. The van der Waals surface area contributed by atoms with Crippen molar-refractivity contribution in [3.63, 3.8) is 0 Å². The summed E-state index contributed by atoms with van der Waals surface area (Å²) in [5.41, 5.74) is -0.529. The minimum absolute atomic E-state index is 0.0531. The maximum absolute atomic E-state index is 10.6. The molecule has 0 aromatic carbocycles. The Kier molecular flexibility index (Phi) is 3.87. The van der Waals surface area contributed by atoms with E-state index in [1.54, 1.807) is 13.8 Å². The van der Waals surface area contributed by atoms with Gasteiger partial charge in [-0.2, -0.15) is 0 Å². The van der Waals surface area contributed by atoms with Crippen molar-refractivity contribution in [2.45, 2.75) is 26.7 Å². The van der Waals surface area contributed by atoms with E-state index >= 15 is 0 Å². The van der Waals surface area contributed by atoms with Crippen LogP contribution in [-0.2, 0) is 14.8 Å². The molecule has 0 atom stereocenters. The monoisotopic (exact) mass is 209 g/mol. The SMILES string of the molecule is CC(C)(CCS(N)(=O)=O)CC(=O)O. The minimum Gasteiger partial charge on any atom is -0.481 e. The molecule has 0 fully saturated rings. The number of nitrogens with two attached hydrogens (primary N) is 1. The highest BCUT2D eigenvalue weighted by Crippen LogP contribution is 2.24. The predicted octanol–water partition coefficient (Wildman–Crippen LogP) is 0.166. The molecule has 0 amide bonds. The molecule has 0 spiro atoms. The van der Waals surface area contributed by atoms with Gasteiger partial charge in [0.15, 0.2) is 0 Å². The lowest BCUT2D eigenvalue weighted by Crippen LogP contribution is -2.24. The molecule has 0 saturated heterocycles. The Morgan fingerprint density at radius 2 is 1.92 bits per heavy atom.